The fourth-order valence-corrected chi connectivity index (χ4v) is 2.02. The minimum atomic E-state index is 0.198. The van der Waals surface area contributed by atoms with Gasteiger partial charge in [0, 0.05) is 29.3 Å². The first-order valence-corrected chi connectivity index (χ1v) is 6.10. The molecule has 0 fully saturated rings. The average Bonchev–Trinajstić information content (AvgIpc) is 2.18. The van der Waals surface area contributed by atoms with Crippen molar-refractivity contribution in [2.24, 2.45) is 5.73 Å². The topological polar surface area (TPSA) is 29.3 Å². The summed E-state index contributed by atoms with van der Waals surface area (Å²) in [4.78, 5) is 2.31. The molecule has 0 radical (unpaired) electrons. The van der Waals surface area contributed by atoms with E-state index in [1.807, 2.05) is 6.92 Å². The summed E-state index contributed by atoms with van der Waals surface area (Å²) < 4.78 is 1.12. The van der Waals surface area contributed by atoms with E-state index in [1.54, 1.807) is 0 Å². The minimum Gasteiger partial charge on any atom is -0.370 e. The van der Waals surface area contributed by atoms with Gasteiger partial charge in [-0.05, 0) is 38.5 Å². The van der Waals surface area contributed by atoms with Gasteiger partial charge in [-0.1, -0.05) is 22.0 Å². The zero-order valence-corrected chi connectivity index (χ0v) is 11.2. The molecule has 1 rings (SSSR count). The fraction of sp³-hybridized carbons (Fsp3) is 0.500. The standard InChI is InChI=1S/C12H19BrN2/c1-4-15(8-10(3)14)12-7-11(13)6-5-9(12)2/h5-7,10H,4,8,14H2,1-3H3/t10-/m0/s1. The second-order valence-electron chi connectivity index (χ2n) is 3.95. The van der Waals surface area contributed by atoms with Gasteiger partial charge in [0.2, 0.25) is 0 Å². The first-order valence-electron chi connectivity index (χ1n) is 5.31. The summed E-state index contributed by atoms with van der Waals surface area (Å²) in [6.45, 7) is 8.21. The summed E-state index contributed by atoms with van der Waals surface area (Å²) in [5.41, 5.74) is 8.40. The Hall–Kier alpha value is -0.540. The normalized spacial score (nSPS) is 12.6. The van der Waals surface area contributed by atoms with Gasteiger partial charge < -0.3 is 10.6 Å². The second kappa shape index (κ2) is 5.52. The SMILES string of the molecule is CCN(C[C@H](C)N)c1cc(Br)ccc1C. The van der Waals surface area contributed by atoms with Crippen LogP contribution in [0.15, 0.2) is 22.7 Å². The van der Waals surface area contributed by atoms with Crippen molar-refractivity contribution in [3.05, 3.63) is 28.2 Å². The van der Waals surface area contributed by atoms with Gasteiger partial charge in [0.25, 0.3) is 0 Å². The van der Waals surface area contributed by atoms with Crippen LogP contribution >= 0.6 is 15.9 Å². The van der Waals surface area contributed by atoms with Gasteiger partial charge in [0.05, 0.1) is 0 Å². The molecule has 0 spiro atoms. The first-order chi connectivity index (χ1) is 7.04. The molecule has 1 aromatic rings. The number of halogens is 1. The Morgan fingerprint density at radius 1 is 1.47 bits per heavy atom. The lowest BCUT2D eigenvalue weighted by molar-refractivity contribution is 0.688. The summed E-state index contributed by atoms with van der Waals surface area (Å²) in [7, 11) is 0. The van der Waals surface area contributed by atoms with Gasteiger partial charge in [-0.25, -0.2) is 0 Å². The van der Waals surface area contributed by atoms with Crippen molar-refractivity contribution in [2.45, 2.75) is 26.8 Å². The fourth-order valence-electron chi connectivity index (χ4n) is 1.67. The Balaban J connectivity index is 2.95. The van der Waals surface area contributed by atoms with Crippen molar-refractivity contribution < 1.29 is 0 Å². The monoisotopic (exact) mass is 270 g/mol. The molecule has 2 nitrogen and oxygen atoms in total. The molecule has 0 heterocycles. The summed E-state index contributed by atoms with van der Waals surface area (Å²) >= 11 is 3.50. The second-order valence-corrected chi connectivity index (χ2v) is 4.86. The van der Waals surface area contributed by atoms with Gasteiger partial charge in [-0.3, -0.25) is 0 Å². The molecule has 0 aliphatic rings. The highest BCUT2D eigenvalue weighted by atomic mass is 79.9. The smallest absolute Gasteiger partial charge is 0.0407 e. The van der Waals surface area contributed by atoms with Crippen molar-refractivity contribution >= 4 is 21.6 Å². The molecule has 15 heavy (non-hydrogen) atoms. The molecule has 1 atom stereocenters. The van der Waals surface area contributed by atoms with Crippen LogP contribution < -0.4 is 10.6 Å². The van der Waals surface area contributed by atoms with Crippen LogP contribution in [0.1, 0.15) is 19.4 Å². The molecule has 0 unspecified atom stereocenters. The van der Waals surface area contributed by atoms with Crippen molar-refractivity contribution in [2.75, 3.05) is 18.0 Å². The average molecular weight is 271 g/mol. The third-order valence-corrected chi connectivity index (χ3v) is 2.90. The molecule has 0 aliphatic heterocycles. The van der Waals surface area contributed by atoms with E-state index >= 15 is 0 Å². The Labute approximate surface area is 101 Å². The molecule has 2 N–H and O–H groups in total. The van der Waals surface area contributed by atoms with E-state index in [2.05, 4.69) is 52.9 Å². The number of hydrogen-bond acceptors (Lipinski definition) is 2. The third-order valence-electron chi connectivity index (χ3n) is 2.40. The van der Waals surface area contributed by atoms with Crippen LogP contribution in [0.2, 0.25) is 0 Å². The lowest BCUT2D eigenvalue weighted by Gasteiger charge is -2.26. The lowest BCUT2D eigenvalue weighted by atomic mass is 10.1. The summed E-state index contributed by atoms with van der Waals surface area (Å²) in [5.74, 6) is 0. The number of hydrogen-bond donors (Lipinski definition) is 1. The van der Waals surface area contributed by atoms with Crippen LogP contribution in [0.4, 0.5) is 5.69 Å². The number of nitrogens with two attached hydrogens (primary N) is 1. The molecule has 0 saturated carbocycles. The highest BCUT2D eigenvalue weighted by Gasteiger charge is 2.09. The molecule has 1 aromatic carbocycles. The predicted octanol–water partition coefficient (Wildman–Crippen LogP) is 2.93. The summed E-state index contributed by atoms with van der Waals surface area (Å²) in [6.07, 6.45) is 0. The van der Waals surface area contributed by atoms with E-state index in [0.29, 0.717) is 0 Å². The number of nitrogens with zero attached hydrogens (tertiary/aromatic N) is 1. The van der Waals surface area contributed by atoms with Crippen molar-refractivity contribution in [1.82, 2.24) is 0 Å². The largest absolute Gasteiger partial charge is 0.370 e. The van der Waals surface area contributed by atoms with Crippen molar-refractivity contribution in [3.63, 3.8) is 0 Å². The van der Waals surface area contributed by atoms with Crippen LogP contribution in [-0.2, 0) is 0 Å². The molecule has 3 heteroatoms. The van der Waals surface area contributed by atoms with Crippen molar-refractivity contribution in [3.8, 4) is 0 Å². The van der Waals surface area contributed by atoms with E-state index in [4.69, 9.17) is 5.73 Å². The number of anilines is 1. The minimum absolute atomic E-state index is 0.198. The maximum Gasteiger partial charge on any atom is 0.0407 e. The molecular formula is C12H19BrN2. The van der Waals surface area contributed by atoms with E-state index in [0.717, 1.165) is 17.6 Å². The highest BCUT2D eigenvalue weighted by Crippen LogP contribution is 2.24. The highest BCUT2D eigenvalue weighted by molar-refractivity contribution is 9.10. The molecule has 84 valence electrons. The number of rotatable bonds is 4. The number of likely N-dealkylation sites (N-methyl/N-ethyl adjacent to an activating group) is 1. The van der Waals surface area contributed by atoms with Crippen LogP contribution in [0.3, 0.4) is 0 Å². The third kappa shape index (κ3) is 3.50. The molecule has 0 bridgehead atoms. The van der Waals surface area contributed by atoms with Crippen LogP contribution in [-0.4, -0.2) is 19.1 Å². The van der Waals surface area contributed by atoms with Crippen LogP contribution in [0, 0.1) is 6.92 Å². The van der Waals surface area contributed by atoms with Gasteiger partial charge in [0.15, 0.2) is 0 Å². The van der Waals surface area contributed by atoms with Gasteiger partial charge in [-0.2, -0.15) is 0 Å². The van der Waals surface area contributed by atoms with Crippen LogP contribution in [0.5, 0.6) is 0 Å². The molecule has 0 aliphatic carbocycles. The zero-order valence-electron chi connectivity index (χ0n) is 9.63. The zero-order chi connectivity index (χ0) is 11.4. The summed E-state index contributed by atoms with van der Waals surface area (Å²) in [6, 6.07) is 6.55. The summed E-state index contributed by atoms with van der Waals surface area (Å²) in [5, 5.41) is 0. The van der Waals surface area contributed by atoms with Crippen LogP contribution in [0.25, 0.3) is 0 Å². The Kier molecular flexibility index (Phi) is 4.61. The lowest BCUT2D eigenvalue weighted by Crippen LogP contribution is -2.35. The quantitative estimate of drug-likeness (QED) is 0.912. The van der Waals surface area contributed by atoms with Gasteiger partial charge >= 0.3 is 0 Å². The van der Waals surface area contributed by atoms with E-state index in [9.17, 15) is 0 Å². The van der Waals surface area contributed by atoms with Gasteiger partial charge in [0.1, 0.15) is 0 Å². The first kappa shape index (κ1) is 12.5. The maximum atomic E-state index is 5.84. The number of benzene rings is 1. The van der Waals surface area contributed by atoms with Gasteiger partial charge in [-0.15, -0.1) is 0 Å². The van der Waals surface area contributed by atoms with E-state index in [1.165, 1.54) is 11.3 Å². The molecule has 0 aromatic heterocycles. The maximum absolute atomic E-state index is 5.84. The van der Waals surface area contributed by atoms with Crippen molar-refractivity contribution in [1.29, 1.82) is 0 Å². The Morgan fingerprint density at radius 2 is 2.13 bits per heavy atom. The van der Waals surface area contributed by atoms with E-state index < -0.39 is 0 Å². The predicted molar refractivity (Wildman–Crippen MR) is 70.4 cm³/mol. The van der Waals surface area contributed by atoms with E-state index in [-0.39, 0.29) is 6.04 Å². The Bertz CT molecular complexity index is 323. The molecule has 0 amide bonds. The molecular weight excluding hydrogens is 252 g/mol. The number of aryl methyl sites for hydroxylation is 1. The Morgan fingerprint density at radius 3 is 2.67 bits per heavy atom. The molecule has 0 saturated heterocycles.